The molecule has 0 fully saturated rings. The Morgan fingerprint density at radius 1 is 1.38 bits per heavy atom. The van der Waals surface area contributed by atoms with Gasteiger partial charge in [0.05, 0.1) is 12.2 Å². The van der Waals surface area contributed by atoms with E-state index in [4.69, 9.17) is 9.84 Å². The predicted octanol–water partition coefficient (Wildman–Crippen LogP) is 1.85. The van der Waals surface area contributed by atoms with E-state index in [1.807, 2.05) is 11.0 Å². The predicted molar refractivity (Wildman–Crippen MR) is 83.3 cm³/mol. The second-order valence-electron chi connectivity index (χ2n) is 5.24. The number of hydrogen-bond donors (Lipinski definition) is 1. The Hall–Kier alpha value is -1.75. The first kappa shape index (κ1) is 15.6. The van der Waals surface area contributed by atoms with Gasteiger partial charge in [0.15, 0.2) is 0 Å². The Labute approximate surface area is 126 Å². The van der Waals surface area contributed by atoms with Crippen molar-refractivity contribution in [1.82, 2.24) is 4.90 Å². The van der Waals surface area contributed by atoms with E-state index in [0.29, 0.717) is 13.2 Å². The fraction of sp³-hybridized carbons (Fsp3) is 0.562. The fourth-order valence-electron chi connectivity index (χ4n) is 2.63. The van der Waals surface area contributed by atoms with Gasteiger partial charge in [-0.05, 0) is 37.2 Å². The molecule has 0 amide bonds. The lowest BCUT2D eigenvalue weighted by atomic mass is 10.1. The molecule has 1 aromatic rings. The van der Waals surface area contributed by atoms with Crippen LogP contribution in [0.5, 0.6) is 5.75 Å². The number of nitrogens with zero attached hydrogens (tertiary/aromatic N) is 2. The van der Waals surface area contributed by atoms with Gasteiger partial charge < -0.3 is 19.6 Å². The van der Waals surface area contributed by atoms with E-state index in [0.717, 1.165) is 37.5 Å². The third kappa shape index (κ3) is 4.11. The lowest BCUT2D eigenvalue weighted by Gasteiger charge is -2.30. The molecule has 1 N–H and O–H groups in total. The van der Waals surface area contributed by atoms with Crippen LogP contribution in [0.1, 0.15) is 19.4 Å². The first-order valence-corrected chi connectivity index (χ1v) is 7.58. The highest BCUT2D eigenvalue weighted by atomic mass is 16.5. The molecule has 0 aromatic heterocycles. The summed E-state index contributed by atoms with van der Waals surface area (Å²) in [7, 11) is 0. The molecule has 0 saturated heterocycles. The van der Waals surface area contributed by atoms with Gasteiger partial charge in [0.25, 0.3) is 0 Å². The second-order valence-corrected chi connectivity index (χ2v) is 5.24. The van der Waals surface area contributed by atoms with E-state index in [9.17, 15) is 4.79 Å². The van der Waals surface area contributed by atoms with E-state index in [1.165, 1.54) is 5.56 Å². The summed E-state index contributed by atoms with van der Waals surface area (Å²) in [6.45, 7) is 8.64. The molecule has 0 spiro atoms. The molecule has 1 aliphatic heterocycles. The lowest BCUT2D eigenvalue weighted by Crippen LogP contribution is -2.36. The van der Waals surface area contributed by atoms with Gasteiger partial charge in [0.1, 0.15) is 18.9 Å². The SMILES string of the molecule is CCN(CC)CCc1ccc2c(c1)N(CC(=O)O)CCO2. The number of hydrogen-bond acceptors (Lipinski definition) is 4. The van der Waals surface area contributed by atoms with Gasteiger partial charge in [-0.25, -0.2) is 0 Å². The zero-order valence-electron chi connectivity index (χ0n) is 12.8. The Balaban J connectivity index is 2.10. The Morgan fingerprint density at radius 3 is 2.81 bits per heavy atom. The number of likely N-dealkylation sites (N-methyl/N-ethyl adjacent to an activating group) is 1. The topological polar surface area (TPSA) is 53.0 Å². The van der Waals surface area contributed by atoms with Gasteiger partial charge in [0, 0.05) is 6.54 Å². The van der Waals surface area contributed by atoms with Crippen LogP contribution in [0.3, 0.4) is 0 Å². The molecule has 0 unspecified atom stereocenters. The Kier molecular flexibility index (Phi) is 5.44. The molecule has 0 bridgehead atoms. The summed E-state index contributed by atoms with van der Waals surface area (Å²) in [5.74, 6) is -0.0227. The van der Waals surface area contributed by atoms with Gasteiger partial charge in [-0.2, -0.15) is 0 Å². The average molecular weight is 292 g/mol. The van der Waals surface area contributed by atoms with Gasteiger partial charge in [-0.3, -0.25) is 4.79 Å². The molecule has 5 heteroatoms. The zero-order chi connectivity index (χ0) is 15.2. The lowest BCUT2D eigenvalue weighted by molar-refractivity contribution is -0.135. The number of carboxylic acids is 1. The van der Waals surface area contributed by atoms with Crippen LogP contribution in [0.15, 0.2) is 18.2 Å². The molecule has 21 heavy (non-hydrogen) atoms. The van der Waals surface area contributed by atoms with Crippen molar-refractivity contribution in [2.75, 3.05) is 44.2 Å². The standard InChI is InChI=1S/C16H24N2O3/c1-3-17(4-2)8-7-13-5-6-15-14(11-13)18(9-10-21-15)12-16(19)20/h5-6,11H,3-4,7-10,12H2,1-2H3,(H,19,20). The van der Waals surface area contributed by atoms with Crippen molar-refractivity contribution in [1.29, 1.82) is 0 Å². The number of carboxylic acid groups (broad SMARTS) is 1. The van der Waals surface area contributed by atoms with Gasteiger partial charge >= 0.3 is 5.97 Å². The van der Waals surface area contributed by atoms with E-state index >= 15 is 0 Å². The van der Waals surface area contributed by atoms with Gasteiger partial charge in [-0.1, -0.05) is 19.9 Å². The van der Waals surface area contributed by atoms with Crippen LogP contribution in [0.4, 0.5) is 5.69 Å². The molecule has 5 nitrogen and oxygen atoms in total. The minimum absolute atomic E-state index is 0.0237. The van der Waals surface area contributed by atoms with Crippen LogP contribution in [-0.2, 0) is 11.2 Å². The Bertz CT molecular complexity index is 486. The summed E-state index contributed by atoms with van der Waals surface area (Å²) in [4.78, 5) is 15.2. The monoisotopic (exact) mass is 292 g/mol. The quantitative estimate of drug-likeness (QED) is 0.831. The summed E-state index contributed by atoms with van der Waals surface area (Å²) in [5.41, 5.74) is 2.13. The minimum atomic E-state index is -0.809. The molecular formula is C16H24N2O3. The summed E-state index contributed by atoms with van der Waals surface area (Å²) in [6.07, 6.45) is 0.968. The molecule has 0 aliphatic carbocycles. The smallest absolute Gasteiger partial charge is 0.323 e. The number of carbonyl (C=O) groups is 1. The summed E-state index contributed by atoms with van der Waals surface area (Å²) < 4.78 is 5.61. The van der Waals surface area contributed by atoms with Crippen LogP contribution >= 0.6 is 0 Å². The van der Waals surface area contributed by atoms with Crippen molar-refractivity contribution in [3.05, 3.63) is 23.8 Å². The molecule has 1 aliphatic rings. The van der Waals surface area contributed by atoms with Crippen LogP contribution in [0.2, 0.25) is 0 Å². The molecule has 2 rings (SSSR count). The number of ether oxygens (including phenoxy) is 1. The highest BCUT2D eigenvalue weighted by molar-refractivity contribution is 5.75. The van der Waals surface area contributed by atoms with Crippen molar-refractivity contribution in [3.8, 4) is 5.75 Å². The van der Waals surface area contributed by atoms with E-state index < -0.39 is 5.97 Å². The van der Waals surface area contributed by atoms with Crippen LogP contribution in [-0.4, -0.2) is 55.3 Å². The van der Waals surface area contributed by atoms with Crippen molar-refractivity contribution in [3.63, 3.8) is 0 Å². The summed E-state index contributed by atoms with van der Waals surface area (Å²) in [6, 6.07) is 6.11. The first-order chi connectivity index (χ1) is 10.1. The Morgan fingerprint density at radius 2 is 2.14 bits per heavy atom. The average Bonchev–Trinajstić information content (AvgIpc) is 2.48. The molecule has 116 valence electrons. The van der Waals surface area contributed by atoms with Crippen LogP contribution < -0.4 is 9.64 Å². The molecule has 1 aromatic carbocycles. The molecule has 0 saturated carbocycles. The molecular weight excluding hydrogens is 268 g/mol. The van der Waals surface area contributed by atoms with Crippen molar-refractivity contribution < 1.29 is 14.6 Å². The third-order valence-corrected chi connectivity index (χ3v) is 3.92. The van der Waals surface area contributed by atoms with Crippen molar-refractivity contribution in [2.24, 2.45) is 0 Å². The van der Waals surface area contributed by atoms with Crippen molar-refractivity contribution >= 4 is 11.7 Å². The van der Waals surface area contributed by atoms with E-state index in [1.54, 1.807) is 0 Å². The normalized spacial score (nSPS) is 14.0. The van der Waals surface area contributed by atoms with E-state index in [2.05, 4.69) is 30.9 Å². The first-order valence-electron chi connectivity index (χ1n) is 7.58. The maximum Gasteiger partial charge on any atom is 0.323 e. The highest BCUT2D eigenvalue weighted by Gasteiger charge is 2.20. The van der Waals surface area contributed by atoms with Gasteiger partial charge in [-0.15, -0.1) is 0 Å². The number of aliphatic carboxylic acids is 1. The number of rotatable bonds is 7. The minimum Gasteiger partial charge on any atom is -0.490 e. The van der Waals surface area contributed by atoms with Crippen LogP contribution in [0, 0.1) is 0 Å². The molecule has 0 radical (unpaired) electrons. The second kappa shape index (κ2) is 7.31. The number of benzene rings is 1. The maximum absolute atomic E-state index is 11.0. The third-order valence-electron chi connectivity index (χ3n) is 3.92. The fourth-order valence-corrected chi connectivity index (χ4v) is 2.63. The van der Waals surface area contributed by atoms with Gasteiger partial charge in [0.2, 0.25) is 0 Å². The van der Waals surface area contributed by atoms with Crippen LogP contribution in [0.25, 0.3) is 0 Å². The summed E-state index contributed by atoms with van der Waals surface area (Å²) in [5, 5.41) is 9.01. The number of fused-ring (bicyclic) bond motifs is 1. The molecule has 1 heterocycles. The molecule has 0 atom stereocenters. The maximum atomic E-state index is 11.0. The van der Waals surface area contributed by atoms with E-state index in [-0.39, 0.29) is 6.54 Å². The van der Waals surface area contributed by atoms with Crippen molar-refractivity contribution in [2.45, 2.75) is 20.3 Å². The largest absolute Gasteiger partial charge is 0.490 e. The zero-order valence-corrected chi connectivity index (χ0v) is 12.8. The summed E-state index contributed by atoms with van der Waals surface area (Å²) >= 11 is 0. The highest BCUT2D eigenvalue weighted by Crippen LogP contribution is 2.32. The number of anilines is 1.